The van der Waals surface area contributed by atoms with Crippen LogP contribution in [0.4, 0.5) is 5.69 Å². The van der Waals surface area contributed by atoms with Crippen LogP contribution in [0.15, 0.2) is 23.4 Å². The zero-order valence-electron chi connectivity index (χ0n) is 12.7. The van der Waals surface area contributed by atoms with Crippen molar-refractivity contribution in [3.63, 3.8) is 0 Å². The van der Waals surface area contributed by atoms with E-state index in [1.165, 1.54) is 17.3 Å². The molecule has 1 aromatic heterocycles. The number of benzene rings is 1. The molecule has 0 aliphatic carbocycles. The van der Waals surface area contributed by atoms with E-state index in [0.717, 1.165) is 23.5 Å². The summed E-state index contributed by atoms with van der Waals surface area (Å²) in [7, 11) is 0. The van der Waals surface area contributed by atoms with Crippen LogP contribution in [0.1, 0.15) is 30.8 Å². The third kappa shape index (κ3) is 4.07. The number of rotatable bonds is 5. The van der Waals surface area contributed by atoms with Crippen molar-refractivity contribution in [1.82, 2.24) is 15.2 Å². The Morgan fingerprint density at radius 1 is 1.43 bits per heavy atom. The Kier molecular flexibility index (Phi) is 5.01. The third-order valence-corrected chi connectivity index (χ3v) is 4.10. The molecule has 1 atom stereocenters. The monoisotopic (exact) mass is 304 g/mol. The smallest absolute Gasteiger partial charge is 0.237 e. The molecule has 0 saturated heterocycles. The molecule has 5 nitrogen and oxygen atoms in total. The van der Waals surface area contributed by atoms with E-state index >= 15 is 0 Å². The Bertz CT molecular complexity index is 638. The summed E-state index contributed by atoms with van der Waals surface area (Å²) < 4.78 is 0. The Morgan fingerprint density at radius 2 is 2.19 bits per heavy atom. The van der Waals surface area contributed by atoms with E-state index in [2.05, 4.69) is 26.6 Å². The Hall–Kier alpha value is -1.82. The SMILES string of the molecule is CCc1nc(S[C@@H](C)C(=O)Nc2ccc(C)cc2C)n[nH]1. The molecule has 2 aromatic rings. The highest BCUT2D eigenvalue weighted by Crippen LogP contribution is 2.22. The maximum absolute atomic E-state index is 12.2. The van der Waals surface area contributed by atoms with Gasteiger partial charge in [0.05, 0.1) is 5.25 Å². The van der Waals surface area contributed by atoms with Crippen molar-refractivity contribution in [3.8, 4) is 0 Å². The molecule has 1 amide bonds. The molecule has 1 aromatic carbocycles. The van der Waals surface area contributed by atoms with E-state index in [-0.39, 0.29) is 11.2 Å². The number of nitrogens with zero attached hydrogens (tertiary/aromatic N) is 2. The number of thioether (sulfide) groups is 1. The van der Waals surface area contributed by atoms with Crippen LogP contribution in [0.3, 0.4) is 0 Å². The van der Waals surface area contributed by atoms with Crippen molar-refractivity contribution < 1.29 is 4.79 Å². The van der Waals surface area contributed by atoms with E-state index in [1.807, 2.05) is 39.8 Å². The molecular weight excluding hydrogens is 284 g/mol. The summed E-state index contributed by atoms with van der Waals surface area (Å²) in [5, 5.41) is 10.2. The van der Waals surface area contributed by atoms with Crippen molar-refractivity contribution in [2.75, 3.05) is 5.32 Å². The van der Waals surface area contributed by atoms with Crippen LogP contribution >= 0.6 is 11.8 Å². The number of aromatic amines is 1. The lowest BCUT2D eigenvalue weighted by Gasteiger charge is -2.12. The fourth-order valence-corrected chi connectivity index (χ4v) is 2.63. The molecule has 0 aliphatic rings. The van der Waals surface area contributed by atoms with Gasteiger partial charge in [0.15, 0.2) is 0 Å². The predicted octanol–water partition coefficient (Wildman–Crippen LogP) is 3.10. The lowest BCUT2D eigenvalue weighted by Crippen LogP contribution is -2.23. The normalized spacial score (nSPS) is 12.2. The third-order valence-electron chi connectivity index (χ3n) is 3.14. The van der Waals surface area contributed by atoms with Crippen molar-refractivity contribution in [1.29, 1.82) is 0 Å². The average Bonchev–Trinajstić information content (AvgIpc) is 2.89. The highest BCUT2D eigenvalue weighted by atomic mass is 32.2. The van der Waals surface area contributed by atoms with Gasteiger partial charge < -0.3 is 5.32 Å². The first-order valence-corrected chi connectivity index (χ1v) is 7.83. The van der Waals surface area contributed by atoms with E-state index in [0.29, 0.717) is 5.16 Å². The van der Waals surface area contributed by atoms with Crippen LogP contribution in [-0.2, 0) is 11.2 Å². The van der Waals surface area contributed by atoms with Gasteiger partial charge in [-0.3, -0.25) is 9.89 Å². The molecule has 0 radical (unpaired) electrons. The minimum atomic E-state index is -0.258. The first kappa shape index (κ1) is 15.6. The lowest BCUT2D eigenvalue weighted by molar-refractivity contribution is -0.115. The van der Waals surface area contributed by atoms with E-state index in [1.54, 1.807) is 0 Å². The predicted molar refractivity (Wildman–Crippen MR) is 85.6 cm³/mol. The van der Waals surface area contributed by atoms with Gasteiger partial charge in [0, 0.05) is 12.1 Å². The van der Waals surface area contributed by atoms with Gasteiger partial charge in [0.2, 0.25) is 11.1 Å². The summed E-state index contributed by atoms with van der Waals surface area (Å²) in [6.07, 6.45) is 0.802. The molecule has 0 aliphatic heterocycles. The van der Waals surface area contributed by atoms with Crippen LogP contribution in [0.25, 0.3) is 0 Å². The summed E-state index contributed by atoms with van der Waals surface area (Å²) >= 11 is 1.35. The summed E-state index contributed by atoms with van der Waals surface area (Å²) in [5.74, 6) is 0.786. The first-order valence-electron chi connectivity index (χ1n) is 6.95. The van der Waals surface area contributed by atoms with Crippen molar-refractivity contribution in [2.24, 2.45) is 0 Å². The lowest BCUT2D eigenvalue weighted by atomic mass is 10.1. The number of carbonyl (C=O) groups excluding carboxylic acids is 1. The van der Waals surface area contributed by atoms with Crippen LogP contribution in [0.2, 0.25) is 0 Å². The summed E-state index contributed by atoms with van der Waals surface area (Å²) in [6, 6.07) is 5.97. The number of nitrogens with one attached hydrogen (secondary N) is 2. The number of anilines is 1. The number of amides is 1. The minimum absolute atomic E-state index is 0.0465. The Labute approximate surface area is 128 Å². The first-order chi connectivity index (χ1) is 9.99. The average molecular weight is 304 g/mol. The molecule has 0 bridgehead atoms. The number of hydrogen-bond acceptors (Lipinski definition) is 4. The summed E-state index contributed by atoms with van der Waals surface area (Å²) in [5.41, 5.74) is 3.09. The minimum Gasteiger partial charge on any atom is -0.325 e. The molecule has 1 heterocycles. The molecular formula is C15H20N4OS. The van der Waals surface area contributed by atoms with Gasteiger partial charge in [-0.15, -0.1) is 5.10 Å². The highest BCUT2D eigenvalue weighted by Gasteiger charge is 2.17. The van der Waals surface area contributed by atoms with Crippen LogP contribution in [0.5, 0.6) is 0 Å². The second kappa shape index (κ2) is 6.76. The van der Waals surface area contributed by atoms with Crippen molar-refractivity contribution in [3.05, 3.63) is 35.2 Å². The molecule has 0 fully saturated rings. The topological polar surface area (TPSA) is 70.7 Å². The molecule has 21 heavy (non-hydrogen) atoms. The van der Waals surface area contributed by atoms with Crippen LogP contribution in [0, 0.1) is 13.8 Å². The molecule has 2 rings (SSSR count). The standard InChI is InChI=1S/C15H20N4OS/c1-5-13-17-15(19-18-13)21-11(4)14(20)16-12-7-6-9(2)8-10(12)3/h6-8,11H,5H2,1-4H3,(H,16,20)(H,17,18,19)/t11-/m0/s1. The molecule has 0 saturated carbocycles. The van der Waals surface area contributed by atoms with Gasteiger partial charge in [0.1, 0.15) is 5.82 Å². The summed E-state index contributed by atoms with van der Waals surface area (Å²) in [6.45, 7) is 7.88. The number of aromatic nitrogens is 3. The van der Waals surface area contributed by atoms with Gasteiger partial charge in [-0.25, -0.2) is 4.98 Å². The number of H-pyrrole nitrogens is 1. The molecule has 6 heteroatoms. The van der Waals surface area contributed by atoms with Crippen molar-refractivity contribution in [2.45, 2.75) is 44.5 Å². The number of hydrogen-bond donors (Lipinski definition) is 2. The zero-order valence-corrected chi connectivity index (χ0v) is 13.5. The second-order valence-corrected chi connectivity index (χ2v) is 6.29. The molecule has 0 spiro atoms. The Morgan fingerprint density at radius 3 is 2.81 bits per heavy atom. The largest absolute Gasteiger partial charge is 0.325 e. The van der Waals surface area contributed by atoms with Crippen molar-refractivity contribution >= 4 is 23.4 Å². The van der Waals surface area contributed by atoms with E-state index in [4.69, 9.17) is 0 Å². The Balaban J connectivity index is 1.99. The number of carbonyl (C=O) groups is 1. The van der Waals surface area contributed by atoms with Gasteiger partial charge in [-0.1, -0.05) is 36.4 Å². The summed E-state index contributed by atoms with van der Waals surface area (Å²) in [4.78, 5) is 16.5. The fraction of sp³-hybridized carbons (Fsp3) is 0.400. The van der Waals surface area contributed by atoms with Gasteiger partial charge in [-0.2, -0.15) is 0 Å². The maximum Gasteiger partial charge on any atom is 0.237 e. The molecule has 112 valence electrons. The zero-order chi connectivity index (χ0) is 15.4. The molecule has 0 unspecified atom stereocenters. The van der Waals surface area contributed by atoms with Gasteiger partial charge >= 0.3 is 0 Å². The second-order valence-electron chi connectivity index (χ2n) is 4.99. The van der Waals surface area contributed by atoms with E-state index < -0.39 is 0 Å². The fourth-order valence-electron chi connectivity index (χ4n) is 1.89. The van der Waals surface area contributed by atoms with Gasteiger partial charge in [-0.05, 0) is 32.4 Å². The van der Waals surface area contributed by atoms with Gasteiger partial charge in [0.25, 0.3) is 0 Å². The van der Waals surface area contributed by atoms with Crippen LogP contribution in [-0.4, -0.2) is 26.3 Å². The highest BCUT2D eigenvalue weighted by molar-refractivity contribution is 8.00. The quantitative estimate of drug-likeness (QED) is 0.833. The maximum atomic E-state index is 12.2. The molecule has 2 N–H and O–H groups in total. The number of aryl methyl sites for hydroxylation is 3. The van der Waals surface area contributed by atoms with E-state index in [9.17, 15) is 4.79 Å². The van der Waals surface area contributed by atoms with Crippen LogP contribution < -0.4 is 5.32 Å².